The van der Waals surface area contributed by atoms with Gasteiger partial charge in [-0.15, -0.1) is 0 Å². The van der Waals surface area contributed by atoms with Crippen molar-refractivity contribution in [2.24, 2.45) is 0 Å². The Morgan fingerprint density at radius 3 is 3.12 bits per heavy atom. The molecule has 2 atom stereocenters. The molecule has 0 saturated heterocycles. The van der Waals surface area contributed by atoms with Crippen molar-refractivity contribution in [1.82, 2.24) is 14.5 Å². The molecule has 3 rings (SSSR count). The van der Waals surface area contributed by atoms with E-state index in [4.69, 9.17) is 0 Å². The van der Waals surface area contributed by atoms with Crippen molar-refractivity contribution < 1.29 is 5.11 Å². The third-order valence-corrected chi connectivity index (χ3v) is 3.91. The highest BCUT2D eigenvalue weighted by atomic mass is 16.3. The fourth-order valence-corrected chi connectivity index (χ4v) is 2.97. The first-order valence-electron chi connectivity index (χ1n) is 6.25. The largest absolute Gasteiger partial charge is 0.393 e. The van der Waals surface area contributed by atoms with E-state index >= 15 is 0 Å². The van der Waals surface area contributed by atoms with Gasteiger partial charge in [-0.1, -0.05) is 0 Å². The first-order valence-corrected chi connectivity index (χ1v) is 6.25. The van der Waals surface area contributed by atoms with Crippen LogP contribution in [0.2, 0.25) is 0 Å². The van der Waals surface area contributed by atoms with E-state index in [0.717, 1.165) is 38.9 Å². The van der Waals surface area contributed by atoms with Crippen molar-refractivity contribution in [2.45, 2.75) is 50.9 Å². The average Bonchev–Trinajstić information content (AvgIpc) is 2.75. The van der Waals surface area contributed by atoms with Crippen LogP contribution in [0.15, 0.2) is 12.4 Å². The van der Waals surface area contributed by atoms with Crippen LogP contribution < -0.4 is 0 Å². The summed E-state index contributed by atoms with van der Waals surface area (Å²) >= 11 is 0. The Kier molecular flexibility index (Phi) is 2.69. The Labute approximate surface area is 95.9 Å². The maximum Gasteiger partial charge on any atom is 0.122 e. The topological polar surface area (TPSA) is 41.3 Å². The number of aliphatic hydroxyl groups is 1. The van der Waals surface area contributed by atoms with Crippen LogP contribution in [-0.2, 0) is 13.1 Å². The molecule has 1 N–H and O–H groups in total. The van der Waals surface area contributed by atoms with Crippen molar-refractivity contribution in [3.63, 3.8) is 0 Å². The van der Waals surface area contributed by atoms with Gasteiger partial charge in [-0.2, -0.15) is 0 Å². The standard InChI is InChI=1S/C12H19N3O/c16-11-3-1-2-10(8-11)15-7-6-14-5-4-13-12(14)9-15/h4-5,10-11,16H,1-3,6-9H2. The lowest BCUT2D eigenvalue weighted by Crippen LogP contribution is -2.44. The Morgan fingerprint density at radius 1 is 1.31 bits per heavy atom. The molecule has 1 aromatic heterocycles. The third kappa shape index (κ3) is 1.87. The summed E-state index contributed by atoms with van der Waals surface area (Å²) in [7, 11) is 0. The van der Waals surface area contributed by atoms with E-state index < -0.39 is 0 Å². The fraction of sp³-hybridized carbons (Fsp3) is 0.750. The molecule has 0 aromatic carbocycles. The Balaban J connectivity index is 1.68. The molecule has 2 aliphatic rings. The van der Waals surface area contributed by atoms with Gasteiger partial charge in [0.15, 0.2) is 0 Å². The molecule has 1 fully saturated rings. The minimum absolute atomic E-state index is 0.0829. The number of rotatable bonds is 1. The van der Waals surface area contributed by atoms with Crippen LogP contribution in [0.3, 0.4) is 0 Å². The predicted molar refractivity (Wildman–Crippen MR) is 60.9 cm³/mol. The summed E-state index contributed by atoms with van der Waals surface area (Å²) in [4.78, 5) is 6.87. The van der Waals surface area contributed by atoms with Crippen LogP contribution in [0.1, 0.15) is 31.5 Å². The van der Waals surface area contributed by atoms with Crippen LogP contribution in [0.25, 0.3) is 0 Å². The van der Waals surface area contributed by atoms with E-state index in [-0.39, 0.29) is 6.10 Å². The zero-order valence-corrected chi connectivity index (χ0v) is 9.55. The minimum Gasteiger partial charge on any atom is -0.393 e. The smallest absolute Gasteiger partial charge is 0.122 e. The summed E-state index contributed by atoms with van der Waals surface area (Å²) in [5, 5.41) is 9.72. The lowest BCUT2D eigenvalue weighted by Gasteiger charge is -2.38. The van der Waals surface area contributed by atoms with Gasteiger partial charge in [0.2, 0.25) is 0 Å². The summed E-state index contributed by atoms with van der Waals surface area (Å²) in [6.45, 7) is 3.09. The molecule has 0 radical (unpaired) electrons. The quantitative estimate of drug-likeness (QED) is 0.769. The van der Waals surface area contributed by atoms with E-state index in [1.165, 1.54) is 12.2 Å². The highest BCUT2D eigenvalue weighted by Gasteiger charge is 2.28. The second-order valence-electron chi connectivity index (χ2n) is 4.98. The van der Waals surface area contributed by atoms with E-state index in [1.54, 1.807) is 0 Å². The SMILES string of the molecule is OC1CCCC(N2CCn3ccnc3C2)C1. The maximum atomic E-state index is 9.72. The van der Waals surface area contributed by atoms with Crippen LogP contribution >= 0.6 is 0 Å². The van der Waals surface area contributed by atoms with Crippen molar-refractivity contribution in [1.29, 1.82) is 0 Å². The molecule has 0 bridgehead atoms. The van der Waals surface area contributed by atoms with Gasteiger partial charge in [0.25, 0.3) is 0 Å². The molecule has 4 heteroatoms. The van der Waals surface area contributed by atoms with Gasteiger partial charge >= 0.3 is 0 Å². The van der Waals surface area contributed by atoms with Crippen LogP contribution in [0.4, 0.5) is 0 Å². The molecule has 0 spiro atoms. The Bertz CT molecular complexity index is 363. The van der Waals surface area contributed by atoms with Crippen LogP contribution in [0.5, 0.6) is 0 Å². The number of imidazole rings is 1. The van der Waals surface area contributed by atoms with Crippen molar-refractivity contribution >= 4 is 0 Å². The number of nitrogens with zero attached hydrogens (tertiary/aromatic N) is 3. The summed E-state index contributed by atoms with van der Waals surface area (Å²) < 4.78 is 2.23. The Morgan fingerprint density at radius 2 is 2.25 bits per heavy atom. The molecule has 0 amide bonds. The second kappa shape index (κ2) is 4.18. The van der Waals surface area contributed by atoms with Crippen molar-refractivity contribution in [3.8, 4) is 0 Å². The van der Waals surface area contributed by atoms with Gasteiger partial charge in [0.1, 0.15) is 5.82 Å². The highest BCUT2D eigenvalue weighted by Crippen LogP contribution is 2.25. The molecular weight excluding hydrogens is 202 g/mol. The maximum absolute atomic E-state index is 9.72. The summed E-state index contributed by atoms with van der Waals surface area (Å²) in [5.74, 6) is 1.17. The van der Waals surface area contributed by atoms with E-state index in [9.17, 15) is 5.11 Å². The van der Waals surface area contributed by atoms with Crippen LogP contribution in [-0.4, -0.2) is 38.2 Å². The van der Waals surface area contributed by atoms with E-state index in [1.807, 2.05) is 6.20 Å². The van der Waals surface area contributed by atoms with Gasteiger partial charge < -0.3 is 9.67 Å². The van der Waals surface area contributed by atoms with Crippen molar-refractivity contribution in [3.05, 3.63) is 18.2 Å². The monoisotopic (exact) mass is 221 g/mol. The van der Waals surface area contributed by atoms with Gasteiger partial charge in [0.05, 0.1) is 12.6 Å². The summed E-state index contributed by atoms with van der Waals surface area (Å²) in [5.41, 5.74) is 0. The molecule has 1 aliphatic carbocycles. The molecule has 88 valence electrons. The number of fused-ring (bicyclic) bond motifs is 1. The zero-order chi connectivity index (χ0) is 11.0. The van der Waals surface area contributed by atoms with Crippen LogP contribution in [0, 0.1) is 0 Å². The molecule has 2 heterocycles. The second-order valence-corrected chi connectivity index (χ2v) is 4.98. The predicted octanol–water partition coefficient (Wildman–Crippen LogP) is 1.00. The zero-order valence-electron chi connectivity index (χ0n) is 9.55. The lowest BCUT2D eigenvalue weighted by atomic mass is 9.91. The van der Waals surface area contributed by atoms with E-state index in [2.05, 4.69) is 20.6 Å². The third-order valence-electron chi connectivity index (χ3n) is 3.91. The molecule has 1 aliphatic heterocycles. The van der Waals surface area contributed by atoms with Gasteiger partial charge in [-0.05, 0) is 25.7 Å². The Hall–Kier alpha value is -0.870. The normalized spacial score (nSPS) is 31.3. The molecule has 1 aromatic rings. The highest BCUT2D eigenvalue weighted by molar-refractivity contribution is 4.97. The first kappa shape index (κ1) is 10.3. The first-order chi connectivity index (χ1) is 7.83. The molecule has 1 saturated carbocycles. The molecule has 16 heavy (non-hydrogen) atoms. The minimum atomic E-state index is -0.0829. The van der Waals surface area contributed by atoms with Gasteiger partial charge in [0, 0.05) is 31.5 Å². The fourth-order valence-electron chi connectivity index (χ4n) is 2.97. The summed E-state index contributed by atoms with van der Waals surface area (Å²) in [6.07, 6.45) is 8.19. The number of aliphatic hydroxyl groups excluding tert-OH is 1. The number of hydrogen-bond acceptors (Lipinski definition) is 3. The summed E-state index contributed by atoms with van der Waals surface area (Å²) in [6, 6.07) is 0.564. The number of hydrogen-bond donors (Lipinski definition) is 1. The number of aromatic nitrogens is 2. The lowest BCUT2D eigenvalue weighted by molar-refractivity contribution is 0.0483. The van der Waals surface area contributed by atoms with Gasteiger partial charge in [-0.3, -0.25) is 4.90 Å². The molecule has 4 nitrogen and oxygen atoms in total. The van der Waals surface area contributed by atoms with Crippen molar-refractivity contribution in [2.75, 3.05) is 6.54 Å². The average molecular weight is 221 g/mol. The molecular formula is C12H19N3O. The van der Waals surface area contributed by atoms with Gasteiger partial charge in [-0.25, -0.2) is 4.98 Å². The molecule has 2 unspecified atom stereocenters. The van der Waals surface area contributed by atoms with E-state index in [0.29, 0.717) is 6.04 Å².